The van der Waals surface area contributed by atoms with Crippen LogP contribution in [0.2, 0.25) is 0 Å². The number of amides is 1. The van der Waals surface area contributed by atoms with Crippen LogP contribution in [0.15, 0.2) is 29.8 Å². The van der Waals surface area contributed by atoms with Crippen molar-refractivity contribution in [1.82, 2.24) is 15.1 Å². The topological polar surface area (TPSA) is 47.6 Å². The van der Waals surface area contributed by atoms with E-state index < -0.39 is 11.6 Å². The van der Waals surface area contributed by atoms with Crippen LogP contribution in [0.1, 0.15) is 38.5 Å². The second-order valence-corrected chi connectivity index (χ2v) is 8.27. The molecule has 2 aliphatic rings. The van der Waals surface area contributed by atoms with E-state index in [4.69, 9.17) is 12.2 Å². The van der Waals surface area contributed by atoms with Crippen LogP contribution in [-0.2, 0) is 4.79 Å². The van der Waals surface area contributed by atoms with Crippen LogP contribution in [-0.4, -0.2) is 60.1 Å². The molecule has 0 atom stereocenters. The fraction of sp³-hybridized carbons (Fsp3) is 0.545. The Morgan fingerprint density at radius 1 is 1.10 bits per heavy atom. The molecule has 1 aliphatic heterocycles. The number of hydrogen-bond acceptors (Lipinski definition) is 3. The van der Waals surface area contributed by atoms with E-state index in [1.807, 2.05) is 4.90 Å². The van der Waals surface area contributed by atoms with Crippen LogP contribution < -0.4 is 10.6 Å². The number of carbonyl (C=O) groups excluding carboxylic acids is 1. The molecule has 0 aromatic heterocycles. The van der Waals surface area contributed by atoms with Crippen molar-refractivity contribution in [2.45, 2.75) is 38.5 Å². The standard InChI is InChI=1S/C22H30F2N4OS/c23-18-7-8-20(19(24)15-18)26-21(29)16-27-11-4-12-28(14-13-27)22(30)25-10-9-17-5-2-1-3-6-17/h5,7-8,15H,1-4,6,9-14,16H2,(H,25,30)(H,26,29). The Labute approximate surface area is 182 Å². The van der Waals surface area contributed by atoms with Crippen molar-refractivity contribution in [1.29, 1.82) is 0 Å². The number of allylic oxidation sites excluding steroid dienone is 1. The van der Waals surface area contributed by atoms with Gasteiger partial charge in [-0.3, -0.25) is 9.69 Å². The second-order valence-electron chi connectivity index (χ2n) is 7.88. The predicted octanol–water partition coefficient (Wildman–Crippen LogP) is 3.68. The number of nitrogens with zero attached hydrogens (tertiary/aromatic N) is 2. The highest BCUT2D eigenvalue weighted by Crippen LogP contribution is 2.19. The maximum atomic E-state index is 13.7. The Bertz CT molecular complexity index is 786. The first-order valence-electron chi connectivity index (χ1n) is 10.7. The van der Waals surface area contributed by atoms with E-state index in [2.05, 4.69) is 21.6 Å². The summed E-state index contributed by atoms with van der Waals surface area (Å²) in [4.78, 5) is 16.5. The van der Waals surface area contributed by atoms with Gasteiger partial charge >= 0.3 is 0 Å². The summed E-state index contributed by atoms with van der Waals surface area (Å²) >= 11 is 5.56. The van der Waals surface area contributed by atoms with Crippen LogP contribution in [0.25, 0.3) is 0 Å². The van der Waals surface area contributed by atoms with Gasteiger partial charge in [0.25, 0.3) is 0 Å². The molecule has 0 saturated carbocycles. The summed E-state index contributed by atoms with van der Waals surface area (Å²) in [5, 5.41) is 6.66. The van der Waals surface area contributed by atoms with Crippen LogP contribution in [0.3, 0.4) is 0 Å². The second kappa shape index (κ2) is 11.4. The molecular weight excluding hydrogens is 406 g/mol. The molecule has 0 bridgehead atoms. The monoisotopic (exact) mass is 436 g/mol. The number of halogens is 2. The number of benzene rings is 1. The molecule has 0 radical (unpaired) electrons. The van der Waals surface area contributed by atoms with Gasteiger partial charge in [0.1, 0.15) is 11.6 Å². The number of thiocarbonyl (C=S) groups is 1. The Kier molecular flexibility index (Phi) is 8.57. The Hall–Kier alpha value is -2.06. The van der Waals surface area contributed by atoms with Gasteiger partial charge in [-0.05, 0) is 62.9 Å². The summed E-state index contributed by atoms with van der Waals surface area (Å²) in [5.41, 5.74) is 1.53. The number of carbonyl (C=O) groups is 1. The normalized spacial score (nSPS) is 17.8. The average Bonchev–Trinajstić information content (AvgIpc) is 2.96. The number of rotatable bonds is 6. The molecule has 1 aliphatic carbocycles. The van der Waals surface area contributed by atoms with Crippen molar-refractivity contribution in [2.24, 2.45) is 0 Å². The minimum absolute atomic E-state index is 0.00342. The van der Waals surface area contributed by atoms with Crippen LogP contribution >= 0.6 is 12.2 Å². The summed E-state index contributed by atoms with van der Waals surface area (Å²) in [5.74, 6) is -1.75. The quantitative estimate of drug-likeness (QED) is 0.526. The summed E-state index contributed by atoms with van der Waals surface area (Å²) in [6, 6.07) is 3.12. The summed E-state index contributed by atoms with van der Waals surface area (Å²) in [6.45, 7) is 4.08. The third-order valence-corrected chi connectivity index (χ3v) is 5.96. The molecule has 3 rings (SSSR count). The summed E-state index contributed by atoms with van der Waals surface area (Å²) in [7, 11) is 0. The molecule has 1 fully saturated rings. The maximum absolute atomic E-state index is 13.7. The van der Waals surface area contributed by atoms with Gasteiger partial charge < -0.3 is 15.5 Å². The first-order chi connectivity index (χ1) is 14.5. The fourth-order valence-electron chi connectivity index (χ4n) is 3.89. The molecule has 1 aromatic rings. The van der Waals surface area contributed by atoms with E-state index in [1.54, 1.807) is 0 Å². The molecule has 2 N–H and O–H groups in total. The van der Waals surface area contributed by atoms with Crippen LogP contribution in [0.5, 0.6) is 0 Å². The first kappa shape index (κ1) is 22.6. The van der Waals surface area contributed by atoms with Crippen molar-refractivity contribution < 1.29 is 13.6 Å². The van der Waals surface area contributed by atoms with E-state index in [0.717, 1.165) is 56.3 Å². The number of nitrogens with one attached hydrogen (secondary N) is 2. The summed E-state index contributed by atoms with van der Waals surface area (Å²) < 4.78 is 26.7. The van der Waals surface area contributed by atoms with E-state index in [9.17, 15) is 13.6 Å². The van der Waals surface area contributed by atoms with Crippen LogP contribution in [0.4, 0.5) is 14.5 Å². The van der Waals surface area contributed by atoms with E-state index in [-0.39, 0.29) is 18.1 Å². The van der Waals surface area contributed by atoms with Gasteiger partial charge in [-0.2, -0.15) is 0 Å². The molecule has 1 aromatic carbocycles. The third kappa shape index (κ3) is 7.02. The van der Waals surface area contributed by atoms with Gasteiger partial charge in [-0.15, -0.1) is 0 Å². The molecule has 1 heterocycles. The Morgan fingerprint density at radius 2 is 1.97 bits per heavy atom. The lowest BCUT2D eigenvalue weighted by Gasteiger charge is -2.25. The zero-order valence-electron chi connectivity index (χ0n) is 17.3. The minimum atomic E-state index is -0.772. The first-order valence-corrected chi connectivity index (χ1v) is 11.1. The average molecular weight is 437 g/mol. The van der Waals surface area contributed by atoms with Crippen molar-refractivity contribution in [3.05, 3.63) is 41.5 Å². The SMILES string of the molecule is O=C(CN1CCCN(C(=S)NCCC2=CCCCC2)CC1)Nc1ccc(F)cc1F. The largest absolute Gasteiger partial charge is 0.362 e. The van der Waals surface area contributed by atoms with Gasteiger partial charge in [-0.25, -0.2) is 8.78 Å². The van der Waals surface area contributed by atoms with Crippen molar-refractivity contribution >= 4 is 28.9 Å². The van der Waals surface area contributed by atoms with Crippen LogP contribution in [0, 0.1) is 11.6 Å². The number of anilines is 1. The predicted molar refractivity (Wildman–Crippen MR) is 119 cm³/mol. The molecule has 164 valence electrons. The molecular formula is C22H30F2N4OS. The third-order valence-electron chi connectivity index (χ3n) is 5.56. The van der Waals surface area contributed by atoms with Gasteiger partial charge in [0, 0.05) is 38.8 Å². The molecule has 5 nitrogen and oxygen atoms in total. The Balaban J connectivity index is 1.39. The van der Waals surface area contributed by atoms with Gasteiger partial charge in [0.2, 0.25) is 5.91 Å². The molecule has 8 heteroatoms. The smallest absolute Gasteiger partial charge is 0.238 e. The fourth-order valence-corrected chi connectivity index (χ4v) is 4.17. The lowest BCUT2D eigenvalue weighted by atomic mass is 9.97. The zero-order chi connectivity index (χ0) is 21.3. The van der Waals surface area contributed by atoms with E-state index in [0.29, 0.717) is 6.54 Å². The Morgan fingerprint density at radius 3 is 2.73 bits per heavy atom. The molecule has 1 saturated heterocycles. The summed E-state index contributed by atoms with van der Waals surface area (Å²) in [6.07, 6.45) is 9.29. The van der Waals surface area contributed by atoms with Crippen molar-refractivity contribution in [3.63, 3.8) is 0 Å². The van der Waals surface area contributed by atoms with E-state index >= 15 is 0 Å². The van der Waals surface area contributed by atoms with Crippen molar-refractivity contribution in [2.75, 3.05) is 44.6 Å². The number of hydrogen-bond donors (Lipinski definition) is 2. The molecule has 0 unspecified atom stereocenters. The highest BCUT2D eigenvalue weighted by atomic mass is 32.1. The molecule has 1 amide bonds. The van der Waals surface area contributed by atoms with E-state index in [1.165, 1.54) is 37.3 Å². The molecule has 30 heavy (non-hydrogen) atoms. The highest BCUT2D eigenvalue weighted by molar-refractivity contribution is 7.80. The van der Waals surface area contributed by atoms with Gasteiger partial charge in [0.05, 0.1) is 12.2 Å². The zero-order valence-corrected chi connectivity index (χ0v) is 18.1. The minimum Gasteiger partial charge on any atom is -0.362 e. The lowest BCUT2D eigenvalue weighted by Crippen LogP contribution is -2.42. The molecule has 0 spiro atoms. The van der Waals surface area contributed by atoms with Crippen molar-refractivity contribution in [3.8, 4) is 0 Å². The highest BCUT2D eigenvalue weighted by Gasteiger charge is 2.19. The van der Waals surface area contributed by atoms with Gasteiger partial charge in [0.15, 0.2) is 5.11 Å². The maximum Gasteiger partial charge on any atom is 0.238 e. The van der Waals surface area contributed by atoms with Gasteiger partial charge in [-0.1, -0.05) is 11.6 Å². The lowest BCUT2D eigenvalue weighted by molar-refractivity contribution is -0.117.